The summed E-state index contributed by atoms with van der Waals surface area (Å²) in [6.07, 6.45) is 9.65. The largest absolute Gasteiger partial charge is 0.390 e. The topological polar surface area (TPSA) is 122 Å². The van der Waals surface area contributed by atoms with Gasteiger partial charge in [0.2, 0.25) is 5.91 Å². The van der Waals surface area contributed by atoms with E-state index < -0.39 is 30.2 Å². The van der Waals surface area contributed by atoms with Gasteiger partial charge in [-0.05, 0) is 122 Å². The number of carbonyl (C=O) groups is 1. The van der Waals surface area contributed by atoms with E-state index in [0.717, 1.165) is 37.7 Å². The second-order valence-corrected chi connectivity index (χ2v) is 19.5. The van der Waals surface area contributed by atoms with E-state index in [9.17, 15) is 20.1 Å². The Hall–Kier alpha value is -1.62. The molecule has 2 aliphatic heterocycles. The molecule has 7 fully saturated rings. The number of aliphatic hydroxyl groups excluding tert-OH is 2. The first-order chi connectivity index (χ1) is 23.5. The Balaban J connectivity index is 0.985. The van der Waals surface area contributed by atoms with Gasteiger partial charge in [0.05, 0.1) is 49.6 Å². The zero-order valence-corrected chi connectivity index (χ0v) is 31.4. The summed E-state index contributed by atoms with van der Waals surface area (Å²) in [4.78, 5) is 19.2. The smallest absolute Gasteiger partial charge is 0.227 e. The number of pyridine rings is 1. The van der Waals surface area contributed by atoms with Crippen molar-refractivity contribution in [3.63, 3.8) is 0 Å². The fraction of sp³-hybridized carbons (Fsp3) is 0.854. The lowest BCUT2D eigenvalue weighted by molar-refractivity contribution is -0.248. The van der Waals surface area contributed by atoms with Crippen LogP contribution in [0.15, 0.2) is 24.5 Å². The lowest BCUT2D eigenvalue weighted by atomic mass is 9.41. The van der Waals surface area contributed by atoms with Crippen LogP contribution in [0.5, 0.6) is 0 Å². The molecule has 1 aromatic rings. The van der Waals surface area contributed by atoms with Crippen LogP contribution in [-0.2, 0) is 25.4 Å². The first-order valence-electron chi connectivity index (χ1n) is 19.7. The molecule has 1 amide bonds. The first-order valence-corrected chi connectivity index (χ1v) is 19.7. The van der Waals surface area contributed by atoms with Gasteiger partial charge in [0.25, 0.3) is 0 Å². The molecule has 9 nitrogen and oxygen atoms in total. The molecule has 0 radical (unpaired) electrons. The fourth-order valence-corrected chi connectivity index (χ4v) is 14.1. The number of carbonyl (C=O) groups excluding carboxylic acids is 1. The SMILES string of the molecule is C[C@@H]1C[C@H]([C@H](O)C(C)(C)O)O[C@H]2C1[C@@]1(C)CC[C@@]34CC35CCC(OC3CN(C(=O)Cc6cccnc6)CCO3)C(C)(C)[C@@H]5CC[C@H]4[C@]1(C)[C@H]2O. The number of nitrogens with zero attached hydrogens (tertiary/aromatic N) is 2. The van der Waals surface area contributed by atoms with Gasteiger partial charge in [-0.15, -0.1) is 0 Å². The number of rotatable bonds is 6. The Morgan fingerprint density at radius 1 is 1.12 bits per heavy atom. The van der Waals surface area contributed by atoms with Crippen LogP contribution < -0.4 is 0 Å². The van der Waals surface area contributed by atoms with E-state index in [1.165, 1.54) is 12.8 Å². The van der Waals surface area contributed by atoms with Crippen LogP contribution in [0.1, 0.15) is 105 Å². The van der Waals surface area contributed by atoms with Crippen molar-refractivity contribution in [1.82, 2.24) is 9.88 Å². The molecule has 2 spiro atoms. The Bertz CT molecular complexity index is 1470. The molecule has 278 valence electrons. The zero-order valence-electron chi connectivity index (χ0n) is 31.4. The van der Waals surface area contributed by atoms with Crippen molar-refractivity contribution in [2.45, 2.75) is 149 Å². The minimum Gasteiger partial charge on any atom is -0.390 e. The molecule has 0 aromatic carbocycles. The quantitative estimate of drug-likeness (QED) is 0.375. The van der Waals surface area contributed by atoms with E-state index in [4.69, 9.17) is 14.2 Å². The summed E-state index contributed by atoms with van der Waals surface area (Å²) < 4.78 is 19.7. The molecular formula is C41H62N2O7. The predicted octanol–water partition coefficient (Wildman–Crippen LogP) is 5.14. The molecule has 4 unspecified atom stereocenters. The fourth-order valence-electron chi connectivity index (χ4n) is 14.1. The van der Waals surface area contributed by atoms with Gasteiger partial charge in [-0.2, -0.15) is 0 Å². The molecule has 1 aromatic heterocycles. The van der Waals surface area contributed by atoms with Gasteiger partial charge in [0, 0.05) is 24.4 Å². The summed E-state index contributed by atoms with van der Waals surface area (Å²) in [6.45, 7) is 16.8. The Morgan fingerprint density at radius 3 is 2.58 bits per heavy atom. The van der Waals surface area contributed by atoms with Crippen LogP contribution in [0.25, 0.3) is 0 Å². The number of fused-ring (bicyclic) bond motifs is 4. The molecular weight excluding hydrogens is 632 g/mol. The van der Waals surface area contributed by atoms with Crippen molar-refractivity contribution in [1.29, 1.82) is 0 Å². The second-order valence-electron chi connectivity index (χ2n) is 19.5. The van der Waals surface area contributed by atoms with E-state index >= 15 is 0 Å². The van der Waals surface area contributed by atoms with Crippen molar-refractivity contribution < 1.29 is 34.3 Å². The van der Waals surface area contributed by atoms with Crippen LogP contribution in [0.4, 0.5) is 0 Å². The zero-order chi connectivity index (χ0) is 35.6. The molecule has 5 aliphatic carbocycles. The maximum Gasteiger partial charge on any atom is 0.227 e. The molecule has 7 aliphatic rings. The number of morpholine rings is 1. The molecule has 9 heteroatoms. The molecule has 8 rings (SSSR count). The molecule has 14 atom stereocenters. The van der Waals surface area contributed by atoms with Crippen molar-refractivity contribution in [3.8, 4) is 0 Å². The Morgan fingerprint density at radius 2 is 1.86 bits per heavy atom. The second kappa shape index (κ2) is 11.7. The van der Waals surface area contributed by atoms with Crippen LogP contribution in [0.2, 0.25) is 0 Å². The monoisotopic (exact) mass is 694 g/mol. The number of hydrogen-bond donors (Lipinski definition) is 3. The van der Waals surface area contributed by atoms with Crippen LogP contribution in [0, 0.1) is 50.7 Å². The number of aliphatic hydroxyl groups is 3. The molecule has 0 bridgehead atoms. The summed E-state index contributed by atoms with van der Waals surface area (Å²) in [5.41, 5.74) is -0.222. The summed E-state index contributed by atoms with van der Waals surface area (Å²) in [7, 11) is 0. The molecule has 3 heterocycles. The predicted molar refractivity (Wildman–Crippen MR) is 188 cm³/mol. The first kappa shape index (κ1) is 35.4. The normalized spacial score (nSPS) is 48.4. The van der Waals surface area contributed by atoms with Crippen molar-refractivity contribution in [2.75, 3.05) is 19.7 Å². The third kappa shape index (κ3) is 4.85. The van der Waals surface area contributed by atoms with Gasteiger partial charge in [0.1, 0.15) is 6.10 Å². The van der Waals surface area contributed by atoms with Crippen molar-refractivity contribution in [2.24, 2.45) is 50.7 Å². The highest BCUT2D eigenvalue weighted by atomic mass is 16.7. The summed E-state index contributed by atoms with van der Waals surface area (Å²) in [6, 6.07) is 3.82. The number of amides is 1. The molecule has 3 N–H and O–H groups in total. The van der Waals surface area contributed by atoms with Gasteiger partial charge in [0.15, 0.2) is 6.29 Å². The van der Waals surface area contributed by atoms with Crippen molar-refractivity contribution in [3.05, 3.63) is 30.1 Å². The minimum atomic E-state index is -1.26. The molecule has 50 heavy (non-hydrogen) atoms. The van der Waals surface area contributed by atoms with E-state index in [1.807, 2.05) is 17.0 Å². The van der Waals surface area contributed by atoms with Gasteiger partial charge >= 0.3 is 0 Å². The standard InChI is InChI=1S/C41H62N2O7/c1-24-19-26(34(45)37(4,5)47)49-33-32(24)38(6)14-15-41-23-40(41)13-12-29(36(2,3)27(40)10-11-28(41)39(38,7)35(33)46)50-31-22-43(17-18-48-31)30(44)20-25-9-8-16-42-21-25/h8-9,16,21,24,26-29,31-35,45-47H,10-15,17-20,22-23H2,1-7H3/t24-,26-,27+,28+,29?,31?,32?,33+,34+,35+,38-,39-,40?,41+/m1/s1. The highest BCUT2D eigenvalue weighted by Gasteiger charge is 2.84. The minimum absolute atomic E-state index is 0.0416. The van der Waals surface area contributed by atoms with Gasteiger partial charge < -0.3 is 34.4 Å². The lowest BCUT2D eigenvalue weighted by Gasteiger charge is -2.64. The van der Waals surface area contributed by atoms with E-state index in [-0.39, 0.29) is 57.0 Å². The number of aromatic nitrogens is 1. The number of hydrogen-bond acceptors (Lipinski definition) is 8. The highest BCUT2D eigenvalue weighted by molar-refractivity contribution is 5.78. The third-order valence-electron chi connectivity index (χ3n) is 16.6. The third-order valence-corrected chi connectivity index (χ3v) is 16.6. The lowest BCUT2D eigenvalue weighted by Crippen LogP contribution is -2.60. The molecule has 5 saturated carbocycles. The summed E-state index contributed by atoms with van der Waals surface area (Å²) in [5.74, 6) is 1.56. The summed E-state index contributed by atoms with van der Waals surface area (Å²) >= 11 is 0. The van der Waals surface area contributed by atoms with Crippen LogP contribution >= 0.6 is 0 Å². The van der Waals surface area contributed by atoms with Crippen molar-refractivity contribution >= 4 is 5.91 Å². The van der Waals surface area contributed by atoms with E-state index in [2.05, 4.69) is 39.6 Å². The van der Waals surface area contributed by atoms with Gasteiger partial charge in [-0.25, -0.2) is 0 Å². The van der Waals surface area contributed by atoms with Gasteiger partial charge in [-0.3, -0.25) is 9.78 Å². The van der Waals surface area contributed by atoms with E-state index in [1.54, 1.807) is 26.2 Å². The maximum atomic E-state index is 13.2. The average Bonchev–Trinajstić information content (AvgIpc) is 3.70. The number of ether oxygens (including phenoxy) is 3. The Kier molecular flexibility index (Phi) is 8.28. The van der Waals surface area contributed by atoms with Crippen LogP contribution in [0.3, 0.4) is 0 Å². The van der Waals surface area contributed by atoms with E-state index in [0.29, 0.717) is 44.4 Å². The highest BCUT2D eigenvalue weighted by Crippen LogP contribution is 2.89. The summed E-state index contributed by atoms with van der Waals surface area (Å²) in [5, 5.41) is 34.2. The maximum absolute atomic E-state index is 13.2. The van der Waals surface area contributed by atoms with Crippen LogP contribution in [-0.4, -0.2) is 93.2 Å². The molecule has 2 saturated heterocycles. The average molecular weight is 695 g/mol. The Labute approximate surface area is 298 Å². The van der Waals surface area contributed by atoms with Gasteiger partial charge in [-0.1, -0.05) is 40.7 Å².